The van der Waals surface area contributed by atoms with E-state index in [0.717, 1.165) is 0 Å². The molecule has 0 aliphatic heterocycles. The topological polar surface area (TPSA) is 83.6 Å². The first kappa shape index (κ1) is 11.7. The van der Waals surface area contributed by atoms with E-state index < -0.39 is 13.0 Å². The van der Waals surface area contributed by atoms with E-state index in [-0.39, 0.29) is 11.0 Å². The van der Waals surface area contributed by atoms with E-state index in [0.29, 0.717) is 0 Å². The van der Waals surface area contributed by atoms with Crippen molar-refractivity contribution in [3.05, 3.63) is 35.9 Å². The molecule has 0 heterocycles. The van der Waals surface area contributed by atoms with Gasteiger partial charge in [-0.15, -0.1) is 0 Å². The second-order valence-electron chi connectivity index (χ2n) is 2.39. The molecule has 5 heteroatoms. The number of rotatable bonds is 4. The van der Waals surface area contributed by atoms with Gasteiger partial charge in [-0.2, -0.15) is 0 Å². The molecule has 0 radical (unpaired) electrons. The van der Waals surface area contributed by atoms with Crippen LogP contribution in [0.15, 0.2) is 35.9 Å². The molecule has 0 saturated heterocycles. The van der Waals surface area contributed by atoms with Crippen molar-refractivity contribution in [2.75, 3.05) is 0 Å². The molecule has 0 aromatic carbocycles. The summed E-state index contributed by atoms with van der Waals surface area (Å²) in [5.41, 5.74) is 5.30. The number of hydrogen-bond acceptors (Lipinski definition) is 3. The highest BCUT2D eigenvalue weighted by Crippen LogP contribution is 2.01. The van der Waals surface area contributed by atoms with Crippen LogP contribution in [0.4, 0.5) is 0 Å². The van der Waals surface area contributed by atoms with Crippen molar-refractivity contribution in [1.82, 2.24) is 0 Å². The monoisotopic (exact) mass is 181 g/mol. The third-order valence-corrected chi connectivity index (χ3v) is 1.42. The van der Waals surface area contributed by atoms with E-state index in [1.807, 2.05) is 0 Å². The van der Waals surface area contributed by atoms with Gasteiger partial charge in [-0.25, -0.2) is 0 Å². The third-order valence-electron chi connectivity index (χ3n) is 1.42. The van der Waals surface area contributed by atoms with Crippen molar-refractivity contribution < 1.29 is 14.8 Å². The smallest absolute Gasteiger partial charge is 0.423 e. The minimum atomic E-state index is -1.55. The fraction of sp³-hybridized carbons (Fsp3) is 0.125. The zero-order chi connectivity index (χ0) is 10.4. The zero-order valence-electron chi connectivity index (χ0n) is 7.40. The molecule has 0 bridgehead atoms. The molecule has 1 amide bonds. The van der Waals surface area contributed by atoms with Crippen LogP contribution in [0.1, 0.15) is 6.92 Å². The first-order valence-corrected chi connectivity index (χ1v) is 3.68. The van der Waals surface area contributed by atoms with Crippen LogP contribution >= 0.6 is 0 Å². The highest BCUT2D eigenvalue weighted by Gasteiger charge is 2.10. The van der Waals surface area contributed by atoms with E-state index in [9.17, 15) is 4.79 Å². The van der Waals surface area contributed by atoms with E-state index in [1.54, 1.807) is 6.92 Å². The Balaban J connectivity index is 4.42. The average Bonchev–Trinajstić information content (AvgIpc) is 2.04. The number of carbonyl (C=O) groups is 1. The van der Waals surface area contributed by atoms with Crippen molar-refractivity contribution in [1.29, 1.82) is 0 Å². The summed E-state index contributed by atoms with van der Waals surface area (Å²) in [5, 5.41) is 17.5. The van der Waals surface area contributed by atoms with Gasteiger partial charge in [0.15, 0.2) is 0 Å². The van der Waals surface area contributed by atoms with Crippen molar-refractivity contribution in [2.45, 2.75) is 6.92 Å². The fourth-order valence-electron chi connectivity index (χ4n) is 0.610. The Morgan fingerprint density at radius 1 is 1.46 bits per heavy atom. The van der Waals surface area contributed by atoms with Gasteiger partial charge in [-0.3, -0.25) is 4.79 Å². The summed E-state index contributed by atoms with van der Waals surface area (Å²) in [4.78, 5) is 10.5. The predicted octanol–water partition coefficient (Wildman–Crippen LogP) is -0.458. The molecule has 4 nitrogen and oxygen atoms in total. The Bertz CT molecular complexity index is 269. The molecular weight excluding hydrogens is 169 g/mol. The van der Waals surface area contributed by atoms with Crippen LogP contribution in [0, 0.1) is 0 Å². The minimum absolute atomic E-state index is 0.111. The van der Waals surface area contributed by atoms with E-state index in [1.165, 1.54) is 18.2 Å². The minimum Gasteiger partial charge on any atom is -0.423 e. The standard InChI is InChI=1S/C8H12BNO3/c1-3-7(9(12)13)5-4-6(2)8(10)11/h3-5,12-13H,2H2,1H3,(H2,10,11)/b5-4-,7-3+. The molecule has 13 heavy (non-hydrogen) atoms. The SMILES string of the molecule is C=C(/C=C\C(=C/C)B(O)O)C(N)=O. The fourth-order valence-corrected chi connectivity index (χ4v) is 0.610. The van der Waals surface area contributed by atoms with Gasteiger partial charge in [0.25, 0.3) is 0 Å². The van der Waals surface area contributed by atoms with Gasteiger partial charge in [-0.05, 0) is 12.4 Å². The first-order chi connectivity index (χ1) is 5.99. The van der Waals surface area contributed by atoms with Crippen molar-refractivity contribution in [2.24, 2.45) is 5.73 Å². The molecular formula is C8H12BNO3. The zero-order valence-corrected chi connectivity index (χ0v) is 7.40. The number of amides is 1. The maximum absolute atomic E-state index is 10.5. The Labute approximate surface area is 77.2 Å². The molecule has 0 spiro atoms. The first-order valence-electron chi connectivity index (χ1n) is 3.68. The largest absolute Gasteiger partial charge is 0.488 e. The van der Waals surface area contributed by atoms with Gasteiger partial charge < -0.3 is 15.8 Å². The van der Waals surface area contributed by atoms with Crippen molar-refractivity contribution >= 4 is 13.0 Å². The molecule has 0 aromatic rings. The molecule has 0 fully saturated rings. The van der Waals surface area contributed by atoms with E-state index in [2.05, 4.69) is 6.58 Å². The summed E-state index contributed by atoms with van der Waals surface area (Å²) in [7, 11) is -1.55. The summed E-state index contributed by atoms with van der Waals surface area (Å²) in [6.45, 7) is 5.01. The maximum Gasteiger partial charge on any atom is 0.488 e. The van der Waals surface area contributed by atoms with Gasteiger partial charge >= 0.3 is 7.12 Å². The van der Waals surface area contributed by atoms with Crippen LogP contribution < -0.4 is 5.73 Å². The Kier molecular flexibility index (Phi) is 4.80. The van der Waals surface area contributed by atoms with Crippen LogP contribution in [0.2, 0.25) is 0 Å². The van der Waals surface area contributed by atoms with Crippen LogP contribution in [-0.4, -0.2) is 23.1 Å². The van der Waals surface area contributed by atoms with E-state index in [4.69, 9.17) is 15.8 Å². The second-order valence-corrected chi connectivity index (χ2v) is 2.39. The summed E-state index contributed by atoms with van der Waals surface area (Å²) in [6.07, 6.45) is 4.21. The third kappa shape index (κ3) is 4.30. The average molecular weight is 181 g/mol. The molecule has 70 valence electrons. The van der Waals surface area contributed by atoms with Crippen LogP contribution in [0.25, 0.3) is 0 Å². The lowest BCUT2D eigenvalue weighted by molar-refractivity contribution is -0.114. The lowest BCUT2D eigenvalue weighted by atomic mass is 9.79. The molecule has 0 aliphatic carbocycles. The molecule has 4 N–H and O–H groups in total. The molecule has 0 atom stereocenters. The Hall–Kier alpha value is -1.33. The van der Waals surface area contributed by atoms with Gasteiger partial charge in [-0.1, -0.05) is 24.8 Å². The number of primary amides is 1. The molecule has 0 aromatic heterocycles. The highest BCUT2D eigenvalue weighted by molar-refractivity contribution is 6.51. The predicted molar refractivity (Wildman–Crippen MR) is 51.4 cm³/mol. The lowest BCUT2D eigenvalue weighted by Crippen LogP contribution is -2.14. The van der Waals surface area contributed by atoms with Gasteiger partial charge in [0, 0.05) is 5.57 Å². The molecule has 0 saturated carbocycles. The highest BCUT2D eigenvalue weighted by atomic mass is 16.4. The van der Waals surface area contributed by atoms with Crippen molar-refractivity contribution in [3.8, 4) is 0 Å². The molecule has 0 unspecified atom stereocenters. The summed E-state index contributed by atoms with van der Waals surface area (Å²) in [6, 6.07) is 0. The van der Waals surface area contributed by atoms with Crippen LogP contribution in [0.5, 0.6) is 0 Å². The van der Waals surface area contributed by atoms with Crippen LogP contribution in [0.3, 0.4) is 0 Å². The quantitative estimate of drug-likeness (QED) is 0.311. The van der Waals surface area contributed by atoms with Gasteiger partial charge in [0.2, 0.25) is 5.91 Å². The number of carbonyl (C=O) groups excluding carboxylic acids is 1. The van der Waals surface area contributed by atoms with Crippen LogP contribution in [-0.2, 0) is 4.79 Å². The van der Waals surface area contributed by atoms with Gasteiger partial charge in [0.1, 0.15) is 0 Å². The second kappa shape index (κ2) is 5.34. The van der Waals surface area contributed by atoms with Crippen molar-refractivity contribution in [3.63, 3.8) is 0 Å². The number of nitrogens with two attached hydrogens (primary N) is 1. The Morgan fingerprint density at radius 2 is 2.00 bits per heavy atom. The normalized spacial score (nSPS) is 11.8. The summed E-state index contributed by atoms with van der Waals surface area (Å²) < 4.78 is 0. The molecule has 0 rings (SSSR count). The lowest BCUT2D eigenvalue weighted by Gasteiger charge is -1.97. The maximum atomic E-state index is 10.5. The number of allylic oxidation sites excluding steroid dienone is 3. The summed E-state index contributed by atoms with van der Waals surface area (Å²) in [5.74, 6) is -0.640. The number of hydrogen-bond donors (Lipinski definition) is 3. The summed E-state index contributed by atoms with van der Waals surface area (Å²) >= 11 is 0. The van der Waals surface area contributed by atoms with Gasteiger partial charge in [0.05, 0.1) is 0 Å². The molecule has 0 aliphatic rings. The Morgan fingerprint density at radius 3 is 2.31 bits per heavy atom. The van der Waals surface area contributed by atoms with E-state index >= 15 is 0 Å².